The lowest BCUT2D eigenvalue weighted by Gasteiger charge is -2.10. The summed E-state index contributed by atoms with van der Waals surface area (Å²) < 4.78 is 0. The highest BCUT2D eigenvalue weighted by molar-refractivity contribution is 6.08. The summed E-state index contributed by atoms with van der Waals surface area (Å²) in [7, 11) is 0. The molecule has 0 saturated carbocycles. The van der Waals surface area contributed by atoms with Gasteiger partial charge in [0.15, 0.2) is 0 Å². The van der Waals surface area contributed by atoms with E-state index in [-0.39, 0.29) is 5.91 Å². The third-order valence-electron chi connectivity index (χ3n) is 3.57. The number of rotatable bonds is 3. The van der Waals surface area contributed by atoms with E-state index >= 15 is 0 Å². The van der Waals surface area contributed by atoms with Crippen LogP contribution < -0.4 is 5.32 Å². The maximum atomic E-state index is 12.6. The molecule has 0 bridgehead atoms. The highest BCUT2D eigenvalue weighted by atomic mass is 16.1. The second-order valence-electron chi connectivity index (χ2n) is 5.23. The SMILES string of the molecule is Cc1ccc(NC(=O)c2ccccc2-c2ccccc2)cc1. The van der Waals surface area contributed by atoms with Gasteiger partial charge in [-0.2, -0.15) is 0 Å². The Morgan fingerprint density at radius 2 is 1.41 bits per heavy atom. The van der Waals surface area contributed by atoms with Crippen molar-refractivity contribution in [3.8, 4) is 11.1 Å². The Kier molecular flexibility index (Phi) is 4.01. The molecular formula is C20H17NO. The predicted octanol–water partition coefficient (Wildman–Crippen LogP) is 4.91. The number of benzene rings is 3. The Balaban J connectivity index is 1.91. The van der Waals surface area contributed by atoms with Gasteiger partial charge in [-0.3, -0.25) is 4.79 Å². The molecule has 0 aliphatic heterocycles. The molecule has 0 spiro atoms. The van der Waals surface area contributed by atoms with E-state index in [9.17, 15) is 4.79 Å². The number of aryl methyl sites for hydroxylation is 1. The Morgan fingerprint density at radius 3 is 2.14 bits per heavy atom. The molecule has 0 unspecified atom stereocenters. The second kappa shape index (κ2) is 6.27. The third kappa shape index (κ3) is 3.07. The number of anilines is 1. The molecule has 0 radical (unpaired) electrons. The summed E-state index contributed by atoms with van der Waals surface area (Å²) in [6.45, 7) is 2.02. The third-order valence-corrected chi connectivity index (χ3v) is 3.57. The molecule has 0 saturated heterocycles. The Hall–Kier alpha value is -2.87. The fourth-order valence-electron chi connectivity index (χ4n) is 2.39. The number of carbonyl (C=O) groups is 1. The molecule has 2 heteroatoms. The molecule has 0 aliphatic rings. The van der Waals surface area contributed by atoms with Crippen LogP contribution in [0.15, 0.2) is 78.9 Å². The number of hydrogen-bond acceptors (Lipinski definition) is 1. The van der Waals surface area contributed by atoms with E-state index < -0.39 is 0 Å². The summed E-state index contributed by atoms with van der Waals surface area (Å²) >= 11 is 0. The minimum absolute atomic E-state index is 0.0942. The quantitative estimate of drug-likeness (QED) is 0.728. The largest absolute Gasteiger partial charge is 0.322 e. The Morgan fingerprint density at radius 1 is 0.773 bits per heavy atom. The fourth-order valence-corrected chi connectivity index (χ4v) is 2.39. The Labute approximate surface area is 130 Å². The zero-order valence-electron chi connectivity index (χ0n) is 12.4. The predicted molar refractivity (Wildman–Crippen MR) is 91.0 cm³/mol. The van der Waals surface area contributed by atoms with Crippen molar-refractivity contribution in [2.75, 3.05) is 5.32 Å². The van der Waals surface area contributed by atoms with Crippen molar-refractivity contribution in [2.45, 2.75) is 6.92 Å². The van der Waals surface area contributed by atoms with Gasteiger partial charge in [0.05, 0.1) is 0 Å². The summed E-state index contributed by atoms with van der Waals surface area (Å²) in [5.41, 5.74) is 4.63. The summed E-state index contributed by atoms with van der Waals surface area (Å²) in [5.74, 6) is -0.0942. The molecule has 0 atom stereocenters. The van der Waals surface area contributed by atoms with Gasteiger partial charge in [0, 0.05) is 11.3 Å². The summed E-state index contributed by atoms with van der Waals surface area (Å²) in [6, 6.07) is 25.4. The average molecular weight is 287 g/mol. The smallest absolute Gasteiger partial charge is 0.256 e. The molecular weight excluding hydrogens is 270 g/mol. The van der Waals surface area contributed by atoms with Gasteiger partial charge in [0.25, 0.3) is 5.91 Å². The van der Waals surface area contributed by atoms with Crippen molar-refractivity contribution in [3.63, 3.8) is 0 Å². The van der Waals surface area contributed by atoms with Gasteiger partial charge >= 0.3 is 0 Å². The van der Waals surface area contributed by atoms with Crippen LogP contribution in [0.25, 0.3) is 11.1 Å². The van der Waals surface area contributed by atoms with E-state index in [1.807, 2.05) is 85.8 Å². The maximum Gasteiger partial charge on any atom is 0.256 e. The lowest BCUT2D eigenvalue weighted by atomic mass is 9.99. The molecule has 0 fully saturated rings. The van der Waals surface area contributed by atoms with E-state index in [0.29, 0.717) is 5.56 Å². The first-order valence-electron chi connectivity index (χ1n) is 7.26. The zero-order valence-corrected chi connectivity index (χ0v) is 12.4. The zero-order chi connectivity index (χ0) is 15.4. The average Bonchev–Trinajstić information content (AvgIpc) is 2.58. The number of hydrogen-bond donors (Lipinski definition) is 1. The van der Waals surface area contributed by atoms with Crippen LogP contribution in [0.1, 0.15) is 15.9 Å². The van der Waals surface area contributed by atoms with E-state index in [1.165, 1.54) is 5.56 Å². The van der Waals surface area contributed by atoms with Crippen LogP contribution in [0.2, 0.25) is 0 Å². The summed E-state index contributed by atoms with van der Waals surface area (Å²) in [6.07, 6.45) is 0. The van der Waals surface area contributed by atoms with Crippen molar-refractivity contribution in [1.29, 1.82) is 0 Å². The molecule has 0 heterocycles. The number of amides is 1. The van der Waals surface area contributed by atoms with E-state index in [4.69, 9.17) is 0 Å². The molecule has 0 aliphatic carbocycles. The van der Waals surface area contributed by atoms with Crippen molar-refractivity contribution < 1.29 is 4.79 Å². The standard InChI is InChI=1S/C20H17NO/c1-15-11-13-17(14-12-15)21-20(22)19-10-6-5-9-18(19)16-7-3-2-4-8-16/h2-14H,1H3,(H,21,22). The highest BCUT2D eigenvalue weighted by Gasteiger charge is 2.12. The van der Waals surface area contributed by atoms with Crippen LogP contribution in [0, 0.1) is 6.92 Å². The van der Waals surface area contributed by atoms with Gasteiger partial charge in [-0.15, -0.1) is 0 Å². The summed E-state index contributed by atoms with van der Waals surface area (Å²) in [5, 5.41) is 2.96. The number of nitrogens with one attached hydrogen (secondary N) is 1. The van der Waals surface area contributed by atoms with Gasteiger partial charge in [-0.25, -0.2) is 0 Å². The molecule has 1 N–H and O–H groups in total. The molecule has 22 heavy (non-hydrogen) atoms. The van der Waals surface area contributed by atoms with Crippen molar-refractivity contribution in [1.82, 2.24) is 0 Å². The van der Waals surface area contributed by atoms with Crippen LogP contribution in [0.4, 0.5) is 5.69 Å². The van der Waals surface area contributed by atoms with E-state index in [1.54, 1.807) is 0 Å². The molecule has 3 aromatic rings. The van der Waals surface area contributed by atoms with Gasteiger partial charge in [-0.1, -0.05) is 66.2 Å². The molecule has 3 rings (SSSR count). The van der Waals surface area contributed by atoms with Gasteiger partial charge in [0.2, 0.25) is 0 Å². The number of carbonyl (C=O) groups excluding carboxylic acids is 1. The van der Waals surface area contributed by atoms with Crippen molar-refractivity contribution >= 4 is 11.6 Å². The highest BCUT2D eigenvalue weighted by Crippen LogP contribution is 2.24. The molecule has 0 aromatic heterocycles. The van der Waals surface area contributed by atoms with Crippen molar-refractivity contribution in [3.05, 3.63) is 90.0 Å². The van der Waals surface area contributed by atoms with Crippen molar-refractivity contribution in [2.24, 2.45) is 0 Å². The van der Waals surface area contributed by atoms with Gasteiger partial charge in [-0.05, 0) is 36.2 Å². The minimum Gasteiger partial charge on any atom is -0.322 e. The van der Waals surface area contributed by atoms with Crippen LogP contribution in [0.5, 0.6) is 0 Å². The van der Waals surface area contributed by atoms with E-state index in [2.05, 4.69) is 5.32 Å². The molecule has 3 aromatic carbocycles. The van der Waals surface area contributed by atoms with Gasteiger partial charge < -0.3 is 5.32 Å². The van der Waals surface area contributed by atoms with Crippen LogP contribution in [-0.4, -0.2) is 5.91 Å². The normalized spacial score (nSPS) is 10.2. The maximum absolute atomic E-state index is 12.6. The Bertz CT molecular complexity index is 776. The molecule has 2 nitrogen and oxygen atoms in total. The first kappa shape index (κ1) is 14.1. The van der Waals surface area contributed by atoms with Gasteiger partial charge in [0.1, 0.15) is 0 Å². The first-order valence-corrected chi connectivity index (χ1v) is 7.26. The molecule has 108 valence electrons. The van der Waals surface area contributed by atoms with Crippen LogP contribution in [0.3, 0.4) is 0 Å². The lowest BCUT2D eigenvalue weighted by molar-refractivity contribution is 0.102. The van der Waals surface area contributed by atoms with Crippen LogP contribution in [-0.2, 0) is 0 Å². The fraction of sp³-hybridized carbons (Fsp3) is 0.0500. The monoisotopic (exact) mass is 287 g/mol. The van der Waals surface area contributed by atoms with E-state index in [0.717, 1.165) is 16.8 Å². The molecule has 1 amide bonds. The minimum atomic E-state index is -0.0942. The first-order chi connectivity index (χ1) is 10.7. The lowest BCUT2D eigenvalue weighted by Crippen LogP contribution is -2.13. The topological polar surface area (TPSA) is 29.1 Å². The van der Waals surface area contributed by atoms with Crippen LogP contribution >= 0.6 is 0 Å². The second-order valence-corrected chi connectivity index (χ2v) is 5.23. The summed E-state index contributed by atoms with van der Waals surface area (Å²) in [4.78, 5) is 12.6.